The molecule has 2 aliphatic rings. The van der Waals surface area contributed by atoms with E-state index >= 15 is 0 Å². The maximum atomic E-state index is 13.5. The van der Waals surface area contributed by atoms with E-state index in [4.69, 9.17) is 11.6 Å². The number of hydrogen-bond acceptors (Lipinski definition) is 4. The number of nitrogens with zero attached hydrogens (tertiary/aromatic N) is 1. The molecule has 4 rings (SSSR count). The predicted molar refractivity (Wildman–Crippen MR) is 124 cm³/mol. The highest BCUT2D eigenvalue weighted by Crippen LogP contribution is 2.40. The van der Waals surface area contributed by atoms with E-state index < -0.39 is 21.7 Å². The number of halogens is 1. The predicted octanol–water partition coefficient (Wildman–Crippen LogP) is 3.38. The van der Waals surface area contributed by atoms with Crippen LogP contribution in [0.5, 0.6) is 0 Å². The number of carbonyl (C=O) groups excluding carboxylic acids is 1. The summed E-state index contributed by atoms with van der Waals surface area (Å²) >= 11 is 5.99. The van der Waals surface area contributed by atoms with Crippen LogP contribution in [0.15, 0.2) is 59.5 Å². The van der Waals surface area contributed by atoms with Gasteiger partial charge < -0.3 is 10.0 Å². The van der Waals surface area contributed by atoms with E-state index in [0.29, 0.717) is 24.5 Å². The molecule has 8 heteroatoms. The Bertz CT molecular complexity index is 1050. The van der Waals surface area contributed by atoms with E-state index in [-0.39, 0.29) is 23.1 Å². The summed E-state index contributed by atoms with van der Waals surface area (Å²) < 4.78 is 28.7. The fourth-order valence-corrected chi connectivity index (χ4v) is 6.22. The lowest BCUT2D eigenvalue weighted by molar-refractivity contribution is -0.145. The van der Waals surface area contributed by atoms with Gasteiger partial charge in [-0.1, -0.05) is 54.8 Å². The number of carbonyl (C=O) groups is 1. The summed E-state index contributed by atoms with van der Waals surface area (Å²) in [5.41, 5.74) is 0.110. The van der Waals surface area contributed by atoms with E-state index in [1.54, 1.807) is 47.4 Å². The Hall–Kier alpha value is -1.93. The highest BCUT2D eigenvalue weighted by Gasteiger charge is 2.44. The van der Waals surface area contributed by atoms with E-state index in [1.807, 2.05) is 0 Å². The zero-order chi connectivity index (χ0) is 22.8. The van der Waals surface area contributed by atoms with Crippen molar-refractivity contribution in [1.82, 2.24) is 9.62 Å². The number of fused-ring (bicyclic) bond motifs is 1. The molecule has 0 bridgehead atoms. The van der Waals surface area contributed by atoms with Crippen LogP contribution < -0.4 is 4.72 Å². The smallest absolute Gasteiger partial charge is 0.241 e. The summed E-state index contributed by atoms with van der Waals surface area (Å²) in [4.78, 5) is 15.4. The Balaban J connectivity index is 1.57. The molecule has 1 aliphatic heterocycles. The molecule has 0 spiro atoms. The highest BCUT2D eigenvalue weighted by molar-refractivity contribution is 7.89. The van der Waals surface area contributed by atoms with Gasteiger partial charge in [0.05, 0.1) is 10.5 Å². The highest BCUT2D eigenvalue weighted by atomic mass is 35.5. The standard InChI is InChI=1S/C24H29ClN2O4S/c25-20-11-9-18(10-12-20)16-22(26-32(30,31)21-7-2-1-3-8-21)23(28)27-15-14-24(29)13-5-4-6-19(24)17-27/h1-3,7-12,19,22,26,29H,4-6,13-17H2/t19-,22-,24+/m0/s1. The molecule has 172 valence electrons. The molecule has 1 aliphatic carbocycles. The fraction of sp³-hybridized carbons (Fsp3) is 0.458. The Morgan fingerprint density at radius 1 is 1.12 bits per heavy atom. The third-order valence-electron chi connectivity index (χ3n) is 6.74. The van der Waals surface area contributed by atoms with Crippen molar-refractivity contribution in [1.29, 1.82) is 0 Å². The zero-order valence-corrected chi connectivity index (χ0v) is 19.5. The number of rotatable bonds is 6. The average molecular weight is 477 g/mol. The first-order valence-corrected chi connectivity index (χ1v) is 13.0. The number of benzene rings is 2. The van der Waals surface area contributed by atoms with Crippen molar-refractivity contribution in [3.8, 4) is 0 Å². The molecular formula is C24H29ClN2O4S. The monoisotopic (exact) mass is 476 g/mol. The molecule has 0 radical (unpaired) electrons. The van der Waals surface area contributed by atoms with Gasteiger partial charge in [0.1, 0.15) is 6.04 Å². The maximum Gasteiger partial charge on any atom is 0.241 e. The quantitative estimate of drug-likeness (QED) is 0.669. The molecule has 6 nitrogen and oxygen atoms in total. The minimum atomic E-state index is -3.88. The number of aliphatic hydroxyl groups is 1. The zero-order valence-electron chi connectivity index (χ0n) is 17.9. The van der Waals surface area contributed by atoms with Crippen molar-refractivity contribution < 1.29 is 18.3 Å². The number of hydrogen-bond donors (Lipinski definition) is 2. The van der Waals surface area contributed by atoms with Crippen LogP contribution in [0.1, 0.15) is 37.7 Å². The van der Waals surface area contributed by atoms with Gasteiger partial charge in [0, 0.05) is 24.0 Å². The number of amides is 1. The van der Waals surface area contributed by atoms with Crippen LogP contribution in [-0.2, 0) is 21.2 Å². The van der Waals surface area contributed by atoms with Crippen molar-refractivity contribution in [2.24, 2.45) is 5.92 Å². The normalized spacial score (nSPS) is 24.6. The van der Waals surface area contributed by atoms with Crippen LogP contribution in [0.2, 0.25) is 5.02 Å². The molecule has 2 fully saturated rings. The van der Waals surface area contributed by atoms with Gasteiger partial charge in [-0.05, 0) is 55.5 Å². The molecule has 32 heavy (non-hydrogen) atoms. The van der Waals surface area contributed by atoms with Gasteiger partial charge in [-0.2, -0.15) is 4.72 Å². The summed E-state index contributed by atoms with van der Waals surface area (Å²) in [7, 11) is -3.88. The van der Waals surface area contributed by atoms with E-state index in [9.17, 15) is 18.3 Å². The topological polar surface area (TPSA) is 86.7 Å². The molecule has 1 amide bonds. The second-order valence-corrected chi connectivity index (χ2v) is 11.0. The summed E-state index contributed by atoms with van der Waals surface area (Å²) in [6.07, 6.45) is 4.46. The minimum Gasteiger partial charge on any atom is -0.389 e. The Kier molecular flexibility index (Phi) is 6.91. The van der Waals surface area contributed by atoms with Gasteiger partial charge in [0.15, 0.2) is 0 Å². The second kappa shape index (κ2) is 9.51. The third kappa shape index (κ3) is 5.17. The summed E-state index contributed by atoms with van der Waals surface area (Å²) in [5.74, 6) is -0.219. The van der Waals surface area contributed by atoms with Gasteiger partial charge in [-0.3, -0.25) is 4.79 Å². The van der Waals surface area contributed by atoms with Crippen LogP contribution >= 0.6 is 11.6 Å². The first-order chi connectivity index (χ1) is 15.3. The van der Waals surface area contributed by atoms with Crippen LogP contribution in [0.4, 0.5) is 0 Å². The molecule has 1 saturated carbocycles. The Labute approximate surface area is 194 Å². The van der Waals surface area contributed by atoms with Crippen molar-refractivity contribution in [2.45, 2.75) is 55.1 Å². The molecule has 0 aromatic heterocycles. The minimum absolute atomic E-state index is 0.0378. The Morgan fingerprint density at radius 2 is 1.84 bits per heavy atom. The van der Waals surface area contributed by atoms with E-state index in [2.05, 4.69) is 4.72 Å². The van der Waals surface area contributed by atoms with E-state index in [1.165, 1.54) is 12.1 Å². The van der Waals surface area contributed by atoms with Crippen LogP contribution in [-0.4, -0.2) is 49.1 Å². The van der Waals surface area contributed by atoms with Crippen molar-refractivity contribution in [3.63, 3.8) is 0 Å². The number of nitrogens with one attached hydrogen (secondary N) is 1. The first-order valence-electron chi connectivity index (χ1n) is 11.1. The Morgan fingerprint density at radius 3 is 2.56 bits per heavy atom. The van der Waals surface area contributed by atoms with Gasteiger partial charge in [-0.15, -0.1) is 0 Å². The van der Waals surface area contributed by atoms with Crippen LogP contribution in [0.25, 0.3) is 0 Å². The van der Waals surface area contributed by atoms with Crippen molar-refractivity contribution >= 4 is 27.5 Å². The maximum absolute atomic E-state index is 13.5. The number of piperidine rings is 1. The second-order valence-electron chi connectivity index (χ2n) is 8.90. The molecule has 1 saturated heterocycles. The fourth-order valence-electron chi connectivity index (χ4n) is 4.88. The largest absolute Gasteiger partial charge is 0.389 e. The average Bonchev–Trinajstić information content (AvgIpc) is 2.79. The molecule has 2 aromatic carbocycles. The number of sulfonamides is 1. The molecule has 1 heterocycles. The molecule has 3 atom stereocenters. The van der Waals surface area contributed by atoms with E-state index in [0.717, 1.165) is 31.2 Å². The van der Waals surface area contributed by atoms with Crippen LogP contribution in [0, 0.1) is 5.92 Å². The molecular weight excluding hydrogens is 448 g/mol. The SMILES string of the molecule is O=C([C@H](Cc1ccc(Cl)cc1)NS(=O)(=O)c1ccccc1)N1CC[C@]2(O)CCCC[C@H]2C1. The number of likely N-dealkylation sites (tertiary alicyclic amines) is 1. The van der Waals surface area contributed by atoms with Crippen LogP contribution in [0.3, 0.4) is 0 Å². The molecule has 2 N–H and O–H groups in total. The van der Waals surface area contributed by atoms with Gasteiger partial charge >= 0.3 is 0 Å². The summed E-state index contributed by atoms with van der Waals surface area (Å²) in [5, 5.41) is 11.5. The lowest BCUT2D eigenvalue weighted by Crippen LogP contribution is -2.58. The van der Waals surface area contributed by atoms with Gasteiger partial charge in [0.2, 0.25) is 15.9 Å². The lowest BCUT2D eigenvalue weighted by Gasteiger charge is -2.48. The lowest BCUT2D eigenvalue weighted by atomic mass is 9.71. The van der Waals surface area contributed by atoms with Gasteiger partial charge in [0.25, 0.3) is 0 Å². The van der Waals surface area contributed by atoms with Crippen molar-refractivity contribution in [3.05, 3.63) is 65.2 Å². The summed E-state index contributed by atoms with van der Waals surface area (Å²) in [6, 6.07) is 14.2. The third-order valence-corrected chi connectivity index (χ3v) is 8.48. The van der Waals surface area contributed by atoms with Gasteiger partial charge in [-0.25, -0.2) is 8.42 Å². The molecule has 2 aromatic rings. The van der Waals surface area contributed by atoms with Crippen molar-refractivity contribution in [2.75, 3.05) is 13.1 Å². The molecule has 0 unspecified atom stereocenters. The first kappa shape index (κ1) is 23.2. The summed E-state index contributed by atoms with van der Waals surface area (Å²) in [6.45, 7) is 0.884.